The van der Waals surface area contributed by atoms with Gasteiger partial charge in [-0.25, -0.2) is 9.97 Å². The van der Waals surface area contributed by atoms with Crippen LogP contribution in [0.3, 0.4) is 0 Å². The molecule has 2 aromatic rings. The Labute approximate surface area is 125 Å². The molecule has 1 atom stereocenters. The highest BCUT2D eigenvalue weighted by Gasteiger charge is 2.11. The number of nitrogens with one attached hydrogen (secondary N) is 1. The Morgan fingerprint density at radius 2 is 1.70 bits per heavy atom. The molecule has 0 aliphatic rings. The summed E-state index contributed by atoms with van der Waals surface area (Å²) < 4.78 is 0. The van der Waals surface area contributed by atoms with E-state index in [9.17, 15) is 0 Å². The van der Waals surface area contributed by atoms with E-state index in [4.69, 9.17) is 0 Å². The van der Waals surface area contributed by atoms with E-state index >= 15 is 0 Å². The standard InChI is InChI=1S/C16H21N3S/c1-4-17-15(14-7-5-12(2)6-8-14)11-20-16-18-9-13(3)10-19-16/h5-10,15,17H,4,11H2,1-3H3. The van der Waals surface area contributed by atoms with Crippen LogP contribution in [0.4, 0.5) is 0 Å². The van der Waals surface area contributed by atoms with E-state index in [1.54, 1.807) is 11.8 Å². The highest BCUT2D eigenvalue weighted by molar-refractivity contribution is 7.99. The van der Waals surface area contributed by atoms with Crippen LogP contribution in [0, 0.1) is 13.8 Å². The summed E-state index contributed by atoms with van der Waals surface area (Å²) in [5.41, 5.74) is 3.70. The minimum Gasteiger partial charge on any atom is -0.309 e. The topological polar surface area (TPSA) is 37.8 Å². The van der Waals surface area contributed by atoms with Crippen LogP contribution in [0.1, 0.15) is 29.7 Å². The summed E-state index contributed by atoms with van der Waals surface area (Å²) >= 11 is 1.69. The minimum absolute atomic E-state index is 0.329. The third-order valence-electron chi connectivity index (χ3n) is 3.07. The van der Waals surface area contributed by atoms with E-state index in [-0.39, 0.29) is 0 Å². The first-order valence-electron chi connectivity index (χ1n) is 6.90. The zero-order valence-electron chi connectivity index (χ0n) is 12.3. The van der Waals surface area contributed by atoms with Crippen molar-refractivity contribution in [3.63, 3.8) is 0 Å². The van der Waals surface area contributed by atoms with Gasteiger partial charge in [-0.1, -0.05) is 48.5 Å². The Balaban J connectivity index is 2.02. The maximum absolute atomic E-state index is 4.34. The fourth-order valence-corrected chi connectivity index (χ4v) is 2.81. The third kappa shape index (κ3) is 4.32. The number of thioether (sulfide) groups is 1. The van der Waals surface area contributed by atoms with Crippen LogP contribution in [0.15, 0.2) is 41.8 Å². The van der Waals surface area contributed by atoms with Crippen molar-refractivity contribution in [3.8, 4) is 0 Å². The summed E-state index contributed by atoms with van der Waals surface area (Å²) in [5.74, 6) is 0.931. The van der Waals surface area contributed by atoms with E-state index in [2.05, 4.69) is 53.4 Å². The molecule has 0 aliphatic carbocycles. The van der Waals surface area contributed by atoms with Crippen molar-refractivity contribution in [2.24, 2.45) is 0 Å². The number of rotatable bonds is 6. The Morgan fingerprint density at radius 3 is 2.30 bits per heavy atom. The SMILES string of the molecule is CCNC(CSc1ncc(C)cn1)c1ccc(C)cc1. The first-order valence-corrected chi connectivity index (χ1v) is 7.89. The molecule has 1 aromatic carbocycles. The molecule has 0 aliphatic heterocycles. The van der Waals surface area contributed by atoms with Gasteiger partial charge in [0, 0.05) is 24.2 Å². The second-order valence-corrected chi connectivity index (χ2v) is 5.86. The Morgan fingerprint density at radius 1 is 1.05 bits per heavy atom. The van der Waals surface area contributed by atoms with Crippen LogP contribution in [0.2, 0.25) is 0 Å². The van der Waals surface area contributed by atoms with Crippen molar-refractivity contribution in [1.82, 2.24) is 15.3 Å². The van der Waals surface area contributed by atoms with Gasteiger partial charge in [0.25, 0.3) is 0 Å². The van der Waals surface area contributed by atoms with E-state index < -0.39 is 0 Å². The molecule has 0 radical (unpaired) electrons. The normalized spacial score (nSPS) is 12.3. The number of benzene rings is 1. The van der Waals surface area contributed by atoms with Crippen LogP contribution < -0.4 is 5.32 Å². The molecule has 0 saturated carbocycles. The molecule has 106 valence electrons. The zero-order valence-corrected chi connectivity index (χ0v) is 13.1. The summed E-state index contributed by atoms with van der Waals surface area (Å²) in [6, 6.07) is 9.04. The van der Waals surface area contributed by atoms with Crippen LogP contribution in [0.5, 0.6) is 0 Å². The molecule has 0 fully saturated rings. The smallest absolute Gasteiger partial charge is 0.187 e. The number of aryl methyl sites for hydroxylation is 2. The lowest BCUT2D eigenvalue weighted by Crippen LogP contribution is -2.23. The first kappa shape index (κ1) is 15.0. The van der Waals surface area contributed by atoms with Crippen LogP contribution in [-0.2, 0) is 0 Å². The number of aromatic nitrogens is 2. The van der Waals surface area contributed by atoms with Crippen molar-refractivity contribution < 1.29 is 0 Å². The fourth-order valence-electron chi connectivity index (χ4n) is 1.93. The van der Waals surface area contributed by atoms with Crippen molar-refractivity contribution in [2.45, 2.75) is 32.0 Å². The number of hydrogen-bond acceptors (Lipinski definition) is 4. The van der Waals surface area contributed by atoms with Crippen molar-refractivity contribution in [2.75, 3.05) is 12.3 Å². The molecule has 0 spiro atoms. The summed E-state index contributed by atoms with van der Waals surface area (Å²) in [7, 11) is 0. The van der Waals surface area contributed by atoms with E-state index in [1.807, 2.05) is 19.3 Å². The molecule has 0 bridgehead atoms. The van der Waals surface area contributed by atoms with Gasteiger partial charge in [0.05, 0.1) is 0 Å². The quantitative estimate of drug-likeness (QED) is 0.651. The van der Waals surface area contributed by atoms with Crippen LogP contribution in [-0.4, -0.2) is 22.3 Å². The molecule has 0 saturated heterocycles. The van der Waals surface area contributed by atoms with Crippen LogP contribution >= 0.6 is 11.8 Å². The van der Waals surface area contributed by atoms with E-state index in [0.717, 1.165) is 23.0 Å². The second-order valence-electron chi connectivity index (χ2n) is 4.87. The molecule has 1 unspecified atom stereocenters. The lowest BCUT2D eigenvalue weighted by molar-refractivity contribution is 0.605. The summed E-state index contributed by atoms with van der Waals surface area (Å²) in [5, 5.41) is 4.36. The lowest BCUT2D eigenvalue weighted by Gasteiger charge is -2.17. The molecule has 4 heteroatoms. The Kier molecular flexibility index (Phi) is 5.56. The maximum atomic E-state index is 4.34. The highest BCUT2D eigenvalue weighted by atomic mass is 32.2. The second kappa shape index (κ2) is 7.41. The molecular weight excluding hydrogens is 266 g/mol. The van der Waals surface area contributed by atoms with Gasteiger partial charge in [-0.3, -0.25) is 0 Å². The largest absolute Gasteiger partial charge is 0.309 e. The third-order valence-corrected chi connectivity index (χ3v) is 4.04. The molecular formula is C16H21N3S. The van der Waals surface area contributed by atoms with Gasteiger partial charge in [-0.05, 0) is 31.5 Å². The highest BCUT2D eigenvalue weighted by Crippen LogP contribution is 2.22. The zero-order chi connectivity index (χ0) is 14.4. The van der Waals surface area contributed by atoms with E-state index in [0.29, 0.717) is 6.04 Å². The molecule has 1 N–H and O–H groups in total. The van der Waals surface area contributed by atoms with Gasteiger partial charge >= 0.3 is 0 Å². The van der Waals surface area contributed by atoms with Gasteiger partial charge in [0.15, 0.2) is 5.16 Å². The Hall–Kier alpha value is -1.39. The van der Waals surface area contributed by atoms with Gasteiger partial charge < -0.3 is 5.32 Å². The average molecular weight is 287 g/mol. The maximum Gasteiger partial charge on any atom is 0.187 e. The molecule has 0 amide bonds. The van der Waals surface area contributed by atoms with Crippen molar-refractivity contribution >= 4 is 11.8 Å². The van der Waals surface area contributed by atoms with Crippen molar-refractivity contribution in [1.29, 1.82) is 0 Å². The first-order chi connectivity index (χ1) is 9.69. The number of hydrogen-bond donors (Lipinski definition) is 1. The van der Waals surface area contributed by atoms with Gasteiger partial charge in [0.2, 0.25) is 0 Å². The monoisotopic (exact) mass is 287 g/mol. The summed E-state index contributed by atoms with van der Waals surface area (Å²) in [4.78, 5) is 8.68. The fraction of sp³-hybridized carbons (Fsp3) is 0.375. The summed E-state index contributed by atoms with van der Waals surface area (Å²) in [6.07, 6.45) is 3.73. The predicted molar refractivity (Wildman–Crippen MR) is 85.1 cm³/mol. The lowest BCUT2D eigenvalue weighted by atomic mass is 10.1. The van der Waals surface area contributed by atoms with Gasteiger partial charge in [-0.2, -0.15) is 0 Å². The summed E-state index contributed by atoms with van der Waals surface area (Å²) in [6.45, 7) is 7.20. The van der Waals surface area contributed by atoms with Gasteiger partial charge in [-0.15, -0.1) is 0 Å². The molecule has 20 heavy (non-hydrogen) atoms. The minimum atomic E-state index is 0.329. The predicted octanol–water partition coefficient (Wildman–Crippen LogP) is 3.54. The molecule has 3 nitrogen and oxygen atoms in total. The number of nitrogens with zero attached hydrogens (tertiary/aromatic N) is 2. The Bertz CT molecular complexity index is 522. The van der Waals surface area contributed by atoms with Gasteiger partial charge in [0.1, 0.15) is 0 Å². The molecule has 2 rings (SSSR count). The molecule has 1 aromatic heterocycles. The van der Waals surface area contributed by atoms with Crippen LogP contribution in [0.25, 0.3) is 0 Å². The molecule has 1 heterocycles. The van der Waals surface area contributed by atoms with Crippen molar-refractivity contribution in [3.05, 3.63) is 53.3 Å². The average Bonchev–Trinajstić information content (AvgIpc) is 2.46. The van der Waals surface area contributed by atoms with E-state index in [1.165, 1.54) is 11.1 Å².